The lowest BCUT2D eigenvalue weighted by Crippen LogP contribution is -2.51. The van der Waals surface area contributed by atoms with Gasteiger partial charge in [0.25, 0.3) is 5.91 Å². The Bertz CT molecular complexity index is 894. The topological polar surface area (TPSA) is 72.9 Å². The first-order chi connectivity index (χ1) is 15.1. The number of nitrogens with zero attached hydrogens (tertiary/aromatic N) is 2. The summed E-state index contributed by atoms with van der Waals surface area (Å²) < 4.78 is 0. The molecule has 1 atom stereocenters. The molecule has 0 saturated carbocycles. The van der Waals surface area contributed by atoms with Gasteiger partial charge in [-0.3, -0.25) is 9.59 Å². The van der Waals surface area contributed by atoms with E-state index in [2.05, 4.69) is 34.5 Å². The third-order valence-electron chi connectivity index (χ3n) is 6.44. The van der Waals surface area contributed by atoms with Crippen LogP contribution in [0.3, 0.4) is 0 Å². The van der Waals surface area contributed by atoms with Crippen LogP contribution in [0.4, 0.5) is 0 Å². The van der Waals surface area contributed by atoms with Crippen molar-refractivity contribution in [3.63, 3.8) is 0 Å². The molecule has 2 aliphatic rings. The number of carbonyl (C=O) groups is 2. The Balaban J connectivity index is 1.26. The van der Waals surface area contributed by atoms with E-state index < -0.39 is 6.04 Å². The lowest BCUT2D eigenvalue weighted by molar-refractivity contribution is -0.125. The van der Waals surface area contributed by atoms with Crippen LogP contribution >= 0.6 is 0 Å². The highest BCUT2D eigenvalue weighted by atomic mass is 16.3. The second kappa shape index (κ2) is 9.96. The van der Waals surface area contributed by atoms with E-state index >= 15 is 0 Å². The van der Waals surface area contributed by atoms with Gasteiger partial charge in [-0.15, -0.1) is 0 Å². The zero-order valence-electron chi connectivity index (χ0n) is 17.9. The van der Waals surface area contributed by atoms with Gasteiger partial charge < -0.3 is 20.2 Å². The number of piperidine rings is 1. The number of carbonyl (C=O) groups excluding carboxylic acids is 2. The number of aromatic hydroxyl groups is 1. The molecule has 2 N–H and O–H groups in total. The number of hydrogen-bond donors (Lipinski definition) is 2. The molecule has 0 aliphatic carbocycles. The summed E-state index contributed by atoms with van der Waals surface area (Å²) in [7, 11) is 0. The molecule has 6 nitrogen and oxygen atoms in total. The van der Waals surface area contributed by atoms with Crippen molar-refractivity contribution in [2.24, 2.45) is 0 Å². The third kappa shape index (κ3) is 5.25. The first-order valence-corrected chi connectivity index (χ1v) is 11.3. The standard InChI is InChI=1S/C25H31N3O3/c29-23-11-5-4-9-21(23)25(31)28-15-6-10-22(28)24(30)26-20-13-17-27(18-14-20)16-12-19-7-2-1-3-8-19/h1-5,7-9,11,20,22,29H,6,10,12-18H2,(H,26,30). The summed E-state index contributed by atoms with van der Waals surface area (Å²) in [6.07, 6.45) is 4.38. The lowest BCUT2D eigenvalue weighted by atomic mass is 10.0. The van der Waals surface area contributed by atoms with Gasteiger partial charge >= 0.3 is 0 Å². The van der Waals surface area contributed by atoms with Crippen LogP contribution in [0.5, 0.6) is 5.75 Å². The van der Waals surface area contributed by atoms with Gasteiger partial charge in [0.2, 0.25) is 5.91 Å². The summed E-state index contributed by atoms with van der Waals surface area (Å²) in [6.45, 7) is 3.53. The van der Waals surface area contributed by atoms with Crippen molar-refractivity contribution >= 4 is 11.8 Å². The Kier molecular flexibility index (Phi) is 6.87. The molecule has 1 unspecified atom stereocenters. The highest BCUT2D eigenvalue weighted by Crippen LogP contribution is 2.25. The number of nitrogens with one attached hydrogen (secondary N) is 1. The fourth-order valence-electron chi connectivity index (χ4n) is 4.62. The van der Waals surface area contributed by atoms with Crippen molar-refractivity contribution in [2.45, 2.75) is 44.2 Å². The molecule has 0 radical (unpaired) electrons. The van der Waals surface area contributed by atoms with E-state index in [9.17, 15) is 14.7 Å². The van der Waals surface area contributed by atoms with Crippen molar-refractivity contribution in [3.8, 4) is 5.75 Å². The second-order valence-electron chi connectivity index (χ2n) is 8.53. The number of phenolic OH excluding ortho intramolecular Hbond substituents is 1. The average molecular weight is 422 g/mol. The summed E-state index contributed by atoms with van der Waals surface area (Å²) in [5.74, 6) is -0.378. The molecule has 0 bridgehead atoms. The molecule has 4 rings (SSSR count). The summed E-state index contributed by atoms with van der Waals surface area (Å²) in [5.41, 5.74) is 1.61. The minimum Gasteiger partial charge on any atom is -0.507 e. The molecule has 6 heteroatoms. The van der Waals surface area contributed by atoms with E-state index in [4.69, 9.17) is 0 Å². The Hall–Kier alpha value is -2.86. The normalized spacial score (nSPS) is 20.0. The molecular formula is C25H31N3O3. The molecule has 2 aliphatic heterocycles. The minimum absolute atomic E-state index is 0.0403. The van der Waals surface area contributed by atoms with Crippen LogP contribution in [0.25, 0.3) is 0 Å². The molecule has 2 heterocycles. The van der Waals surface area contributed by atoms with Gasteiger partial charge in [0.1, 0.15) is 11.8 Å². The molecular weight excluding hydrogens is 390 g/mol. The number of likely N-dealkylation sites (tertiary alicyclic amines) is 2. The molecule has 2 aromatic carbocycles. The predicted molar refractivity (Wildman–Crippen MR) is 120 cm³/mol. The summed E-state index contributed by atoms with van der Waals surface area (Å²) in [4.78, 5) is 29.9. The first-order valence-electron chi connectivity index (χ1n) is 11.3. The van der Waals surface area contributed by atoms with Crippen LogP contribution in [0.1, 0.15) is 41.6 Å². The van der Waals surface area contributed by atoms with Gasteiger partial charge in [-0.2, -0.15) is 0 Å². The van der Waals surface area contributed by atoms with E-state index in [1.807, 2.05) is 6.07 Å². The van der Waals surface area contributed by atoms with Crippen molar-refractivity contribution in [1.82, 2.24) is 15.1 Å². The molecule has 31 heavy (non-hydrogen) atoms. The maximum absolute atomic E-state index is 13.0. The summed E-state index contributed by atoms with van der Waals surface area (Å²) >= 11 is 0. The average Bonchev–Trinajstić information content (AvgIpc) is 3.29. The highest BCUT2D eigenvalue weighted by Gasteiger charge is 2.36. The predicted octanol–water partition coefficient (Wildman–Crippen LogP) is 2.82. The Morgan fingerprint density at radius 1 is 0.935 bits per heavy atom. The first kappa shape index (κ1) is 21.4. The maximum Gasteiger partial charge on any atom is 0.258 e. The number of hydrogen-bond acceptors (Lipinski definition) is 4. The number of para-hydroxylation sites is 1. The SMILES string of the molecule is O=C(NC1CCN(CCc2ccccc2)CC1)C1CCCN1C(=O)c1ccccc1O. The van der Waals surface area contributed by atoms with Gasteiger partial charge in [0.05, 0.1) is 5.56 Å². The number of amides is 2. The van der Waals surface area contributed by atoms with Gasteiger partial charge in [0.15, 0.2) is 0 Å². The van der Waals surface area contributed by atoms with Crippen molar-refractivity contribution in [3.05, 3.63) is 65.7 Å². The van der Waals surface area contributed by atoms with Crippen LogP contribution in [-0.2, 0) is 11.2 Å². The number of rotatable bonds is 6. The molecule has 0 spiro atoms. The molecule has 2 saturated heterocycles. The summed E-state index contributed by atoms with van der Waals surface area (Å²) in [5, 5.41) is 13.2. The fraction of sp³-hybridized carbons (Fsp3) is 0.440. The van der Waals surface area contributed by atoms with E-state index in [0.29, 0.717) is 13.0 Å². The Labute approximate surface area is 183 Å². The van der Waals surface area contributed by atoms with Crippen LogP contribution in [0, 0.1) is 0 Å². The highest BCUT2D eigenvalue weighted by molar-refractivity contribution is 5.99. The molecule has 164 valence electrons. The van der Waals surface area contributed by atoms with Crippen LogP contribution in [0.2, 0.25) is 0 Å². The smallest absolute Gasteiger partial charge is 0.258 e. The molecule has 2 fully saturated rings. The van der Waals surface area contributed by atoms with Crippen LogP contribution in [0.15, 0.2) is 54.6 Å². The Morgan fingerprint density at radius 3 is 2.39 bits per heavy atom. The van der Waals surface area contributed by atoms with E-state index in [-0.39, 0.29) is 29.2 Å². The zero-order chi connectivity index (χ0) is 21.6. The van der Waals surface area contributed by atoms with Gasteiger partial charge in [-0.25, -0.2) is 0 Å². The molecule has 2 aromatic rings. The van der Waals surface area contributed by atoms with Gasteiger partial charge in [0, 0.05) is 32.2 Å². The number of benzene rings is 2. The monoisotopic (exact) mass is 421 g/mol. The van der Waals surface area contributed by atoms with Crippen molar-refractivity contribution in [2.75, 3.05) is 26.2 Å². The molecule has 0 aromatic heterocycles. The maximum atomic E-state index is 13.0. The minimum atomic E-state index is -0.455. The zero-order valence-corrected chi connectivity index (χ0v) is 17.9. The summed E-state index contributed by atoms with van der Waals surface area (Å²) in [6, 6.07) is 16.7. The third-order valence-corrected chi connectivity index (χ3v) is 6.44. The largest absolute Gasteiger partial charge is 0.507 e. The molecule has 2 amide bonds. The van der Waals surface area contributed by atoms with E-state index in [1.54, 1.807) is 23.1 Å². The quantitative estimate of drug-likeness (QED) is 0.752. The number of phenols is 1. The van der Waals surface area contributed by atoms with Gasteiger partial charge in [-0.1, -0.05) is 42.5 Å². The van der Waals surface area contributed by atoms with E-state index in [0.717, 1.165) is 45.3 Å². The fourth-order valence-corrected chi connectivity index (χ4v) is 4.62. The van der Waals surface area contributed by atoms with Crippen molar-refractivity contribution < 1.29 is 14.7 Å². The Morgan fingerprint density at radius 2 is 1.65 bits per heavy atom. The van der Waals surface area contributed by atoms with Gasteiger partial charge in [-0.05, 0) is 49.8 Å². The van der Waals surface area contributed by atoms with Crippen molar-refractivity contribution in [1.29, 1.82) is 0 Å². The van der Waals surface area contributed by atoms with Crippen LogP contribution in [-0.4, -0.2) is 65.0 Å². The lowest BCUT2D eigenvalue weighted by Gasteiger charge is -2.33. The van der Waals surface area contributed by atoms with E-state index in [1.165, 1.54) is 11.6 Å². The second-order valence-corrected chi connectivity index (χ2v) is 8.53. The van der Waals surface area contributed by atoms with Crippen LogP contribution < -0.4 is 5.32 Å².